The molecule has 1 aliphatic carbocycles. The van der Waals surface area contributed by atoms with Gasteiger partial charge in [-0.15, -0.1) is 0 Å². The molecule has 2 N–H and O–H groups in total. The van der Waals surface area contributed by atoms with Gasteiger partial charge in [-0.1, -0.05) is 6.42 Å². The van der Waals surface area contributed by atoms with E-state index in [2.05, 4.69) is 4.98 Å². The van der Waals surface area contributed by atoms with Gasteiger partial charge in [-0.2, -0.15) is 0 Å². The summed E-state index contributed by atoms with van der Waals surface area (Å²) >= 11 is 0. The van der Waals surface area contributed by atoms with Crippen LogP contribution in [0.3, 0.4) is 0 Å². The predicted octanol–water partition coefficient (Wildman–Crippen LogP) is 2.23. The third kappa shape index (κ3) is 3.05. The van der Waals surface area contributed by atoms with Gasteiger partial charge in [0.2, 0.25) is 0 Å². The van der Waals surface area contributed by atoms with Crippen LogP contribution in [0, 0.1) is 11.8 Å². The Morgan fingerprint density at radius 3 is 2.59 bits per heavy atom. The number of hydrogen-bond acceptors (Lipinski definition) is 5. The predicted molar refractivity (Wildman–Crippen MR) is 97.7 cm³/mol. The van der Waals surface area contributed by atoms with Crippen LogP contribution in [0.15, 0.2) is 18.3 Å². The Morgan fingerprint density at radius 1 is 1.33 bits per heavy atom. The number of rotatable bonds is 4. The third-order valence-electron chi connectivity index (χ3n) is 6.83. The lowest BCUT2D eigenvalue weighted by Gasteiger charge is -2.58. The number of ether oxygens (including phenoxy) is 2. The van der Waals surface area contributed by atoms with Crippen LogP contribution in [0.2, 0.25) is 0 Å². The minimum Gasteiger partial charge on any atom is -0.381 e. The molecule has 2 unspecified atom stereocenters. The highest BCUT2D eigenvalue weighted by molar-refractivity contribution is 5.90. The van der Waals surface area contributed by atoms with Crippen LogP contribution in [0.1, 0.15) is 48.2 Å². The Morgan fingerprint density at radius 2 is 2.00 bits per heavy atom. The number of pyridine rings is 1. The van der Waals surface area contributed by atoms with E-state index in [9.17, 15) is 4.79 Å². The number of nitrogens with zero attached hydrogens (tertiary/aromatic N) is 2. The standard InChI is InChI=1S/C20H28FN3O3/c1-26-20(14-5-8-23-17(11-14)18(22)25)15-3-2-4-16(20)13-24(12-15)19(21)6-9-27-10-7-19/h5,8,11,15-16H,2-4,6-7,9-10,12-13H2,1H3,(H2,22,25). The molecule has 6 nitrogen and oxygen atoms in total. The largest absolute Gasteiger partial charge is 0.381 e. The Balaban J connectivity index is 1.68. The van der Waals surface area contributed by atoms with Crippen LogP contribution in [0.25, 0.3) is 0 Å². The highest BCUT2D eigenvalue weighted by Gasteiger charge is 2.56. The Kier molecular flexibility index (Phi) is 4.94. The van der Waals surface area contributed by atoms with Gasteiger partial charge in [0.05, 0.1) is 13.2 Å². The molecule has 1 amide bonds. The Labute approximate surface area is 159 Å². The van der Waals surface area contributed by atoms with Crippen molar-refractivity contribution in [3.05, 3.63) is 29.6 Å². The lowest BCUT2D eigenvalue weighted by Crippen LogP contribution is -2.64. The molecular weight excluding hydrogens is 349 g/mol. The molecule has 0 spiro atoms. The molecule has 148 valence electrons. The molecule has 2 bridgehead atoms. The van der Waals surface area contributed by atoms with Crippen LogP contribution in [0.4, 0.5) is 4.39 Å². The minimum atomic E-state index is -1.29. The minimum absolute atomic E-state index is 0.161. The molecule has 27 heavy (non-hydrogen) atoms. The van der Waals surface area contributed by atoms with E-state index >= 15 is 4.39 Å². The summed E-state index contributed by atoms with van der Waals surface area (Å²) in [6.07, 6.45) is 5.53. The highest BCUT2D eigenvalue weighted by atomic mass is 19.1. The highest BCUT2D eigenvalue weighted by Crippen LogP contribution is 2.53. The third-order valence-corrected chi connectivity index (χ3v) is 6.83. The van der Waals surface area contributed by atoms with Gasteiger partial charge in [-0.25, -0.2) is 4.39 Å². The zero-order valence-electron chi connectivity index (χ0n) is 15.8. The van der Waals surface area contributed by atoms with Crippen LogP contribution >= 0.6 is 0 Å². The average Bonchev–Trinajstić information content (AvgIpc) is 2.67. The van der Waals surface area contributed by atoms with E-state index in [4.69, 9.17) is 15.2 Å². The van der Waals surface area contributed by atoms with E-state index in [1.165, 1.54) is 0 Å². The number of amides is 1. The summed E-state index contributed by atoms with van der Waals surface area (Å²) < 4.78 is 27.2. The maximum atomic E-state index is 15.6. The molecule has 0 aromatic carbocycles. The summed E-state index contributed by atoms with van der Waals surface area (Å²) in [5.41, 5.74) is 6.09. The molecule has 1 aromatic rings. The first-order chi connectivity index (χ1) is 13.0. The molecular formula is C20H28FN3O3. The van der Waals surface area contributed by atoms with Crippen LogP contribution < -0.4 is 5.73 Å². The molecule has 3 heterocycles. The first-order valence-corrected chi connectivity index (χ1v) is 9.83. The molecule has 3 aliphatic rings. The maximum absolute atomic E-state index is 15.6. The summed E-state index contributed by atoms with van der Waals surface area (Å²) in [6, 6.07) is 3.67. The van der Waals surface area contributed by atoms with E-state index in [1.807, 2.05) is 11.0 Å². The van der Waals surface area contributed by atoms with Gasteiger partial charge < -0.3 is 15.2 Å². The number of hydrogen-bond donors (Lipinski definition) is 1. The van der Waals surface area contributed by atoms with Gasteiger partial charge in [0.25, 0.3) is 5.91 Å². The van der Waals surface area contributed by atoms with Crippen molar-refractivity contribution in [2.45, 2.75) is 43.5 Å². The van der Waals surface area contributed by atoms with Crippen LogP contribution in [-0.2, 0) is 15.1 Å². The summed E-state index contributed by atoms with van der Waals surface area (Å²) in [4.78, 5) is 17.7. The van der Waals surface area contributed by atoms with Gasteiger partial charge in [0.15, 0.2) is 5.79 Å². The average molecular weight is 377 g/mol. The smallest absolute Gasteiger partial charge is 0.267 e. The molecule has 2 saturated heterocycles. The summed E-state index contributed by atoms with van der Waals surface area (Å²) in [7, 11) is 1.73. The van der Waals surface area contributed by atoms with Crippen molar-refractivity contribution in [3.8, 4) is 0 Å². The number of carbonyl (C=O) groups excluding carboxylic acids is 1. The van der Waals surface area contributed by atoms with Crippen LogP contribution in [0.5, 0.6) is 0 Å². The van der Waals surface area contributed by atoms with E-state index < -0.39 is 17.3 Å². The number of aromatic nitrogens is 1. The fourth-order valence-electron chi connectivity index (χ4n) is 5.49. The number of methoxy groups -OCH3 is 1. The second-order valence-corrected chi connectivity index (χ2v) is 8.05. The zero-order chi connectivity index (χ0) is 19.1. The molecule has 3 fully saturated rings. The zero-order valence-corrected chi connectivity index (χ0v) is 15.8. The molecule has 7 heteroatoms. The molecule has 1 aromatic heterocycles. The van der Waals surface area contributed by atoms with E-state index in [-0.39, 0.29) is 17.5 Å². The normalized spacial score (nSPS) is 33.6. The second kappa shape index (κ2) is 7.11. The van der Waals surface area contributed by atoms with Gasteiger partial charge in [0, 0.05) is 51.1 Å². The number of halogens is 1. The van der Waals surface area contributed by atoms with Gasteiger partial charge in [-0.3, -0.25) is 14.7 Å². The monoisotopic (exact) mass is 377 g/mol. The summed E-state index contributed by atoms with van der Waals surface area (Å²) in [5, 5.41) is 0. The molecule has 4 rings (SSSR count). The second-order valence-electron chi connectivity index (χ2n) is 8.05. The first kappa shape index (κ1) is 18.8. The van der Waals surface area contributed by atoms with Crippen molar-refractivity contribution in [1.29, 1.82) is 0 Å². The van der Waals surface area contributed by atoms with E-state index in [0.29, 0.717) is 39.1 Å². The maximum Gasteiger partial charge on any atom is 0.267 e. The number of piperidine rings is 1. The molecule has 2 atom stereocenters. The summed E-state index contributed by atoms with van der Waals surface area (Å²) in [6.45, 7) is 2.25. The van der Waals surface area contributed by atoms with Crippen molar-refractivity contribution in [2.75, 3.05) is 33.4 Å². The number of primary amides is 1. The topological polar surface area (TPSA) is 77.7 Å². The van der Waals surface area contributed by atoms with Crippen molar-refractivity contribution >= 4 is 5.91 Å². The van der Waals surface area contributed by atoms with Crippen molar-refractivity contribution in [2.24, 2.45) is 17.6 Å². The lowest BCUT2D eigenvalue weighted by atomic mass is 9.62. The molecule has 1 saturated carbocycles. The number of likely N-dealkylation sites (tertiary alicyclic amines) is 1. The number of carbonyl (C=O) groups is 1. The SMILES string of the molecule is COC1(c2ccnc(C(N)=O)c2)C2CCCC1CN(C1(F)CCOCC1)C2. The number of alkyl halides is 1. The Bertz CT molecular complexity index is 693. The van der Waals surface area contributed by atoms with Crippen LogP contribution in [-0.4, -0.2) is 55.0 Å². The first-order valence-electron chi connectivity index (χ1n) is 9.83. The van der Waals surface area contributed by atoms with E-state index in [1.54, 1.807) is 19.4 Å². The Hall–Kier alpha value is -1.57. The van der Waals surface area contributed by atoms with Gasteiger partial charge >= 0.3 is 0 Å². The van der Waals surface area contributed by atoms with Crippen molar-refractivity contribution < 1.29 is 18.7 Å². The van der Waals surface area contributed by atoms with Gasteiger partial charge in [-0.05, 0) is 30.5 Å². The summed E-state index contributed by atoms with van der Waals surface area (Å²) in [5.74, 6) is -1.51. The molecule has 0 radical (unpaired) electrons. The number of nitrogens with two attached hydrogens (primary N) is 1. The lowest BCUT2D eigenvalue weighted by molar-refractivity contribution is -0.211. The fourth-order valence-corrected chi connectivity index (χ4v) is 5.49. The van der Waals surface area contributed by atoms with Gasteiger partial charge in [0.1, 0.15) is 11.3 Å². The quantitative estimate of drug-likeness (QED) is 0.814. The number of fused-ring (bicyclic) bond motifs is 2. The van der Waals surface area contributed by atoms with Crippen molar-refractivity contribution in [3.63, 3.8) is 0 Å². The van der Waals surface area contributed by atoms with Crippen molar-refractivity contribution in [1.82, 2.24) is 9.88 Å². The fraction of sp³-hybridized carbons (Fsp3) is 0.700. The molecule has 2 aliphatic heterocycles. The van der Waals surface area contributed by atoms with E-state index in [0.717, 1.165) is 24.8 Å².